The second-order valence-corrected chi connectivity index (χ2v) is 11.1. The summed E-state index contributed by atoms with van der Waals surface area (Å²) in [6.07, 6.45) is 3.69. The number of morpholine rings is 1. The van der Waals surface area contributed by atoms with Gasteiger partial charge in [-0.25, -0.2) is 9.97 Å². The lowest BCUT2D eigenvalue weighted by molar-refractivity contribution is -0.125. The van der Waals surface area contributed by atoms with Gasteiger partial charge in [-0.15, -0.1) is 0 Å². The predicted octanol–water partition coefficient (Wildman–Crippen LogP) is 3.26. The molecule has 3 aliphatic rings. The monoisotopic (exact) mass is 557 g/mol. The Morgan fingerprint density at radius 1 is 1.02 bits per heavy atom. The third-order valence-electron chi connectivity index (χ3n) is 8.13. The van der Waals surface area contributed by atoms with Crippen LogP contribution in [-0.4, -0.2) is 91.8 Å². The molecule has 1 amide bonds. The smallest absolute Gasteiger partial charge is 0.237 e. The van der Waals surface area contributed by atoms with Crippen LogP contribution >= 0.6 is 0 Å². The number of carbonyl (C=O) groups excluding carboxylic acids is 1. The molecular weight excluding hydrogens is 518 g/mol. The van der Waals surface area contributed by atoms with Crippen molar-refractivity contribution in [2.45, 2.75) is 32.0 Å². The van der Waals surface area contributed by atoms with Crippen molar-refractivity contribution in [3.05, 3.63) is 59.8 Å². The Labute approximate surface area is 241 Å². The molecule has 6 rings (SSSR count). The van der Waals surface area contributed by atoms with E-state index in [1.807, 2.05) is 18.2 Å². The summed E-state index contributed by atoms with van der Waals surface area (Å²) >= 11 is 0. The standard InChI is InChI=1S/C31H39N7O3/c1-36-11-9-32-30(39)28-4-3-10-38(28)20-22-16-25(19-26(17-22)37-12-14-41-15-13-37)34-31-33-8-7-27(35-31)23-5-6-29(40-2)24(18-23)21-36/h5-8,16-19,28H,3-4,9-15,20-21H2,1-2H3,(H,32,39)(H,33,34,35)/t28-/m0/s1. The normalized spacial score (nSPS) is 20.7. The van der Waals surface area contributed by atoms with E-state index in [1.165, 1.54) is 0 Å². The number of amides is 1. The number of hydrogen-bond acceptors (Lipinski definition) is 9. The first-order valence-electron chi connectivity index (χ1n) is 14.5. The largest absolute Gasteiger partial charge is 0.496 e. The van der Waals surface area contributed by atoms with E-state index in [1.54, 1.807) is 13.3 Å². The molecule has 41 heavy (non-hydrogen) atoms. The number of methoxy groups -OCH3 is 1. The van der Waals surface area contributed by atoms with Crippen molar-refractivity contribution >= 4 is 23.2 Å². The zero-order valence-corrected chi connectivity index (χ0v) is 23.9. The second kappa shape index (κ2) is 12.4. The van der Waals surface area contributed by atoms with Crippen molar-refractivity contribution in [2.75, 3.05) is 70.3 Å². The first-order chi connectivity index (χ1) is 20.1. The van der Waals surface area contributed by atoms with E-state index in [4.69, 9.17) is 14.5 Å². The number of benzene rings is 2. The summed E-state index contributed by atoms with van der Waals surface area (Å²) < 4.78 is 11.3. The van der Waals surface area contributed by atoms with Crippen LogP contribution in [-0.2, 0) is 22.6 Å². The van der Waals surface area contributed by atoms with Crippen molar-refractivity contribution in [1.29, 1.82) is 0 Å². The van der Waals surface area contributed by atoms with Gasteiger partial charge in [-0.1, -0.05) is 0 Å². The molecule has 1 atom stereocenters. The van der Waals surface area contributed by atoms with Gasteiger partial charge in [0.2, 0.25) is 11.9 Å². The second-order valence-electron chi connectivity index (χ2n) is 11.1. The summed E-state index contributed by atoms with van der Waals surface area (Å²) in [5.41, 5.74) is 6.12. The van der Waals surface area contributed by atoms with Crippen LogP contribution in [0, 0.1) is 0 Å². The molecular formula is C31H39N7O3. The van der Waals surface area contributed by atoms with E-state index < -0.39 is 0 Å². The van der Waals surface area contributed by atoms with Gasteiger partial charge >= 0.3 is 0 Å². The molecule has 0 radical (unpaired) electrons. The molecule has 216 valence electrons. The molecule has 2 N–H and O–H groups in total. The van der Waals surface area contributed by atoms with Gasteiger partial charge < -0.3 is 29.9 Å². The first-order valence-corrected chi connectivity index (χ1v) is 14.5. The van der Waals surface area contributed by atoms with Crippen molar-refractivity contribution in [3.63, 3.8) is 0 Å². The number of hydrogen-bond donors (Lipinski definition) is 2. The molecule has 0 spiro atoms. The van der Waals surface area contributed by atoms with Gasteiger partial charge in [0.05, 0.1) is 32.1 Å². The van der Waals surface area contributed by atoms with E-state index in [-0.39, 0.29) is 11.9 Å². The fraction of sp³-hybridized carbons (Fsp3) is 0.452. The third-order valence-corrected chi connectivity index (χ3v) is 8.13. The Balaban J connectivity index is 1.38. The van der Waals surface area contributed by atoms with Crippen LogP contribution in [0.1, 0.15) is 24.0 Å². The Morgan fingerprint density at radius 2 is 1.90 bits per heavy atom. The van der Waals surface area contributed by atoms with Crippen LogP contribution in [0.3, 0.4) is 0 Å². The lowest BCUT2D eigenvalue weighted by Gasteiger charge is -2.30. The van der Waals surface area contributed by atoms with Crippen molar-refractivity contribution < 1.29 is 14.3 Å². The zero-order valence-electron chi connectivity index (χ0n) is 23.9. The highest BCUT2D eigenvalue weighted by molar-refractivity contribution is 5.82. The quantitative estimate of drug-likeness (QED) is 0.492. The van der Waals surface area contributed by atoms with E-state index in [0.717, 1.165) is 78.5 Å². The van der Waals surface area contributed by atoms with Crippen LogP contribution in [0.2, 0.25) is 0 Å². The van der Waals surface area contributed by atoms with Gasteiger partial charge in [0.25, 0.3) is 0 Å². The first kappa shape index (κ1) is 27.4. The summed E-state index contributed by atoms with van der Waals surface area (Å²) in [6, 6.07) is 14.5. The number of nitrogens with zero attached hydrogens (tertiary/aromatic N) is 5. The summed E-state index contributed by atoms with van der Waals surface area (Å²) in [6.45, 7) is 6.75. The minimum atomic E-state index is -0.123. The predicted molar refractivity (Wildman–Crippen MR) is 160 cm³/mol. The summed E-state index contributed by atoms with van der Waals surface area (Å²) in [7, 11) is 3.76. The molecule has 1 aromatic heterocycles. The van der Waals surface area contributed by atoms with E-state index >= 15 is 0 Å². The average molecular weight is 558 g/mol. The van der Waals surface area contributed by atoms with Gasteiger partial charge in [-0.05, 0) is 74.5 Å². The van der Waals surface area contributed by atoms with E-state index in [9.17, 15) is 4.79 Å². The summed E-state index contributed by atoms with van der Waals surface area (Å²) in [5, 5.41) is 6.67. The SMILES string of the molecule is COc1ccc2cc1CN(C)CCNC(=O)[C@@H]1CCCN1Cc1cc(cc(N3CCOCC3)c1)Nc1nccc-2n1. The van der Waals surface area contributed by atoms with Crippen molar-refractivity contribution in [2.24, 2.45) is 0 Å². The molecule has 0 saturated carbocycles. The van der Waals surface area contributed by atoms with Crippen LogP contribution in [0.25, 0.3) is 11.3 Å². The molecule has 0 unspecified atom stereocenters. The van der Waals surface area contributed by atoms with Crippen LogP contribution in [0.15, 0.2) is 48.7 Å². The highest BCUT2D eigenvalue weighted by Gasteiger charge is 2.30. The maximum absolute atomic E-state index is 13.3. The molecule has 0 aliphatic carbocycles. The van der Waals surface area contributed by atoms with Crippen LogP contribution < -0.4 is 20.3 Å². The Kier molecular flexibility index (Phi) is 8.31. The lowest BCUT2D eigenvalue weighted by Crippen LogP contribution is -2.44. The molecule has 10 nitrogen and oxygen atoms in total. The summed E-state index contributed by atoms with van der Waals surface area (Å²) in [4.78, 5) is 29.6. The van der Waals surface area contributed by atoms with Crippen LogP contribution in [0.4, 0.5) is 17.3 Å². The van der Waals surface area contributed by atoms with Crippen LogP contribution in [0.5, 0.6) is 5.75 Å². The Hall–Kier alpha value is -3.73. The van der Waals surface area contributed by atoms with E-state index in [2.05, 4.69) is 61.6 Å². The molecule has 4 heterocycles. The van der Waals surface area contributed by atoms with Gasteiger partial charge in [-0.3, -0.25) is 9.69 Å². The van der Waals surface area contributed by atoms with Gasteiger partial charge in [-0.2, -0.15) is 0 Å². The molecule has 3 aliphatic heterocycles. The number of anilines is 3. The number of carbonyl (C=O) groups is 1. The Bertz CT molecular complexity index is 1380. The molecule has 2 saturated heterocycles. The number of fused-ring (bicyclic) bond motifs is 8. The zero-order chi connectivity index (χ0) is 28.2. The molecule has 6 bridgehead atoms. The van der Waals surface area contributed by atoms with Gasteiger partial charge in [0, 0.05) is 68.0 Å². The lowest BCUT2D eigenvalue weighted by atomic mass is 10.1. The maximum Gasteiger partial charge on any atom is 0.237 e. The number of aromatic nitrogens is 2. The van der Waals surface area contributed by atoms with Crippen molar-refractivity contribution in [3.8, 4) is 17.0 Å². The molecule has 10 heteroatoms. The number of nitrogens with one attached hydrogen (secondary N) is 2. The molecule has 2 aromatic carbocycles. The number of rotatable bonds is 2. The maximum atomic E-state index is 13.3. The average Bonchev–Trinajstić information content (AvgIpc) is 3.45. The fourth-order valence-electron chi connectivity index (χ4n) is 6.02. The highest BCUT2D eigenvalue weighted by atomic mass is 16.5. The molecule has 3 aromatic rings. The minimum absolute atomic E-state index is 0.112. The topological polar surface area (TPSA) is 95.1 Å². The van der Waals surface area contributed by atoms with Crippen molar-refractivity contribution in [1.82, 2.24) is 25.1 Å². The minimum Gasteiger partial charge on any atom is -0.496 e. The fourth-order valence-corrected chi connectivity index (χ4v) is 6.02. The molecule has 2 fully saturated rings. The van der Waals surface area contributed by atoms with E-state index in [0.29, 0.717) is 38.8 Å². The third kappa shape index (κ3) is 6.45. The summed E-state index contributed by atoms with van der Waals surface area (Å²) in [5.74, 6) is 1.48. The Morgan fingerprint density at radius 3 is 2.76 bits per heavy atom. The van der Waals surface area contributed by atoms with Gasteiger partial charge in [0.15, 0.2) is 0 Å². The highest BCUT2D eigenvalue weighted by Crippen LogP contribution is 2.30. The number of ether oxygens (including phenoxy) is 2. The number of likely N-dealkylation sites (N-methyl/N-ethyl adjacent to an activating group) is 1. The van der Waals surface area contributed by atoms with Gasteiger partial charge in [0.1, 0.15) is 5.75 Å².